The number of nitrogens with one attached hydrogen (secondary N) is 1. The zero-order valence-electron chi connectivity index (χ0n) is 21.3. The maximum atomic E-state index is 12.9. The summed E-state index contributed by atoms with van der Waals surface area (Å²) in [6.07, 6.45) is 1.22. The Morgan fingerprint density at radius 1 is 1.16 bits per heavy atom. The molecule has 0 saturated carbocycles. The second kappa shape index (κ2) is 13.3. The molecular formula is C23H31F3N6O4S2. The van der Waals surface area contributed by atoms with E-state index in [2.05, 4.69) is 32.2 Å². The van der Waals surface area contributed by atoms with E-state index in [0.29, 0.717) is 12.8 Å². The van der Waals surface area contributed by atoms with Crippen LogP contribution in [-0.2, 0) is 21.2 Å². The third-order valence-electron chi connectivity index (χ3n) is 5.63. The molecule has 2 aromatic rings. The Morgan fingerprint density at radius 3 is 2.63 bits per heavy atom. The van der Waals surface area contributed by atoms with Crippen LogP contribution in [0.25, 0.3) is 0 Å². The monoisotopic (exact) mass is 576 g/mol. The molecule has 0 bridgehead atoms. The van der Waals surface area contributed by atoms with Crippen LogP contribution in [0.1, 0.15) is 67.7 Å². The molecule has 1 aromatic heterocycles. The Hall–Kier alpha value is -2.81. The van der Waals surface area contributed by atoms with Crippen LogP contribution < -0.4 is 9.62 Å². The molecule has 1 N–H and O–H groups in total. The van der Waals surface area contributed by atoms with Crippen LogP contribution in [0.15, 0.2) is 22.4 Å². The number of aromatic nitrogens is 2. The number of rotatable bonds is 13. The predicted molar refractivity (Wildman–Crippen MR) is 139 cm³/mol. The lowest BCUT2D eigenvalue weighted by Gasteiger charge is -2.32. The number of unbranched alkanes of at least 4 members (excludes halogenated alkanes) is 3. The van der Waals surface area contributed by atoms with E-state index in [-0.39, 0.29) is 28.1 Å². The first-order valence-electron chi connectivity index (χ1n) is 12.4. The molecule has 1 aliphatic heterocycles. The van der Waals surface area contributed by atoms with Crippen molar-refractivity contribution in [3.63, 3.8) is 0 Å². The summed E-state index contributed by atoms with van der Waals surface area (Å²) in [6, 6.07) is 3.14. The number of hydrogen-bond donors (Lipinski definition) is 1. The SMILES string of the molecule is CCCCCN1CCCc2cc(N=Nc3nnc(C(=O)OCCCC)s3)c(NS(=O)(=O)CC(F)(F)F)cc21. The third-order valence-corrected chi connectivity index (χ3v) is 7.65. The predicted octanol–water partition coefficient (Wildman–Crippen LogP) is 6.16. The van der Waals surface area contributed by atoms with E-state index in [4.69, 9.17) is 4.74 Å². The first kappa shape index (κ1) is 29.7. The minimum Gasteiger partial charge on any atom is -0.460 e. The summed E-state index contributed by atoms with van der Waals surface area (Å²) in [5.41, 5.74) is 1.55. The molecule has 15 heteroatoms. The molecule has 3 rings (SSSR count). The first-order valence-corrected chi connectivity index (χ1v) is 14.9. The summed E-state index contributed by atoms with van der Waals surface area (Å²) in [5, 5.41) is 15.5. The Morgan fingerprint density at radius 2 is 1.92 bits per heavy atom. The van der Waals surface area contributed by atoms with E-state index < -0.39 is 27.9 Å². The van der Waals surface area contributed by atoms with Gasteiger partial charge in [-0.15, -0.1) is 20.4 Å². The smallest absolute Gasteiger partial charge is 0.404 e. The fourth-order valence-corrected chi connectivity index (χ4v) is 5.43. The lowest BCUT2D eigenvalue weighted by Crippen LogP contribution is -2.31. The van der Waals surface area contributed by atoms with Gasteiger partial charge in [0.05, 0.1) is 12.3 Å². The number of fused-ring (bicyclic) bond motifs is 1. The van der Waals surface area contributed by atoms with Gasteiger partial charge in [0.1, 0.15) is 5.69 Å². The Bertz CT molecular complexity index is 1230. The lowest BCUT2D eigenvalue weighted by atomic mass is 9.99. The number of hydrogen-bond acceptors (Lipinski definition) is 10. The van der Waals surface area contributed by atoms with Gasteiger partial charge >= 0.3 is 12.1 Å². The van der Waals surface area contributed by atoms with Crippen molar-refractivity contribution in [1.82, 2.24) is 10.2 Å². The Kier molecular flexibility index (Phi) is 10.4. The molecule has 0 fully saturated rings. The van der Waals surface area contributed by atoms with Gasteiger partial charge in [-0.1, -0.05) is 44.4 Å². The van der Waals surface area contributed by atoms with Gasteiger partial charge in [-0.3, -0.25) is 4.72 Å². The molecule has 0 radical (unpaired) electrons. The van der Waals surface area contributed by atoms with Gasteiger partial charge in [0.25, 0.3) is 5.13 Å². The van der Waals surface area contributed by atoms with E-state index in [0.717, 1.165) is 67.8 Å². The highest BCUT2D eigenvalue weighted by Gasteiger charge is 2.35. The largest absolute Gasteiger partial charge is 0.460 e. The highest BCUT2D eigenvalue weighted by Crippen LogP contribution is 2.39. The number of halogens is 3. The van der Waals surface area contributed by atoms with E-state index in [1.807, 2.05) is 11.6 Å². The standard InChI is InChI=1S/C23H31F3N6O4S2/c1-3-5-7-10-32-11-8-9-16-13-17(18(14-19(16)32)31-38(34,35)15-23(24,25)26)27-29-22-30-28-20(37-22)21(33)36-12-6-4-2/h13-14,31H,3-12,15H2,1-2H3. The van der Waals surface area contributed by atoms with E-state index in [1.165, 1.54) is 6.07 Å². The highest BCUT2D eigenvalue weighted by atomic mass is 32.2. The Labute approximate surface area is 223 Å². The molecule has 0 spiro atoms. The maximum absolute atomic E-state index is 12.9. The van der Waals surface area contributed by atoms with Crippen molar-refractivity contribution in [2.45, 2.75) is 65.0 Å². The molecule has 38 heavy (non-hydrogen) atoms. The van der Waals surface area contributed by atoms with E-state index in [1.54, 1.807) is 6.07 Å². The van der Waals surface area contributed by atoms with Gasteiger partial charge in [-0.2, -0.15) is 13.2 Å². The number of aryl methyl sites for hydroxylation is 1. The minimum absolute atomic E-state index is 0.00968. The van der Waals surface area contributed by atoms with Crippen LogP contribution in [0.3, 0.4) is 0 Å². The van der Waals surface area contributed by atoms with E-state index in [9.17, 15) is 26.4 Å². The van der Waals surface area contributed by atoms with Crippen LogP contribution in [0.2, 0.25) is 0 Å². The molecule has 0 aliphatic carbocycles. The summed E-state index contributed by atoms with van der Waals surface area (Å²) >= 11 is 0.833. The molecule has 10 nitrogen and oxygen atoms in total. The van der Waals surface area contributed by atoms with Crippen LogP contribution >= 0.6 is 11.3 Å². The number of azo groups is 1. The number of ether oxygens (including phenoxy) is 1. The summed E-state index contributed by atoms with van der Waals surface area (Å²) < 4.78 is 70.4. The summed E-state index contributed by atoms with van der Waals surface area (Å²) in [5.74, 6) is -2.68. The highest BCUT2D eigenvalue weighted by molar-refractivity contribution is 7.92. The number of carbonyl (C=O) groups is 1. The second-order valence-corrected chi connectivity index (χ2v) is 11.5. The normalized spacial score (nSPS) is 14.1. The number of alkyl halides is 3. The van der Waals surface area contributed by atoms with Crippen molar-refractivity contribution in [2.24, 2.45) is 10.2 Å². The van der Waals surface area contributed by atoms with Crippen molar-refractivity contribution in [1.29, 1.82) is 0 Å². The van der Waals surface area contributed by atoms with Gasteiger partial charge < -0.3 is 9.64 Å². The summed E-state index contributed by atoms with van der Waals surface area (Å²) in [7, 11) is -4.76. The number of sulfonamides is 1. The quantitative estimate of drug-likeness (QED) is 0.172. The van der Waals surface area contributed by atoms with Crippen molar-refractivity contribution < 1.29 is 31.1 Å². The second-order valence-electron chi connectivity index (χ2n) is 8.85. The van der Waals surface area contributed by atoms with Crippen molar-refractivity contribution in [3.8, 4) is 0 Å². The van der Waals surface area contributed by atoms with Crippen LogP contribution in [0.4, 0.5) is 35.4 Å². The fraction of sp³-hybridized carbons (Fsp3) is 0.609. The minimum atomic E-state index is -4.91. The first-order chi connectivity index (χ1) is 18.0. The maximum Gasteiger partial charge on any atom is 0.404 e. The Balaban J connectivity index is 1.91. The number of esters is 1. The lowest BCUT2D eigenvalue weighted by molar-refractivity contribution is -0.106. The van der Waals surface area contributed by atoms with Gasteiger partial charge in [-0.25, -0.2) is 13.2 Å². The van der Waals surface area contributed by atoms with E-state index >= 15 is 0 Å². The average Bonchev–Trinajstić information content (AvgIpc) is 3.31. The third kappa shape index (κ3) is 8.89. The molecule has 1 aromatic carbocycles. The average molecular weight is 577 g/mol. The van der Waals surface area contributed by atoms with Gasteiger partial charge in [0.15, 0.2) is 5.75 Å². The van der Waals surface area contributed by atoms with Gasteiger partial charge in [0.2, 0.25) is 15.0 Å². The molecule has 2 heterocycles. The molecule has 0 unspecified atom stereocenters. The van der Waals surface area contributed by atoms with Crippen molar-refractivity contribution in [2.75, 3.05) is 35.1 Å². The van der Waals surface area contributed by atoms with Crippen molar-refractivity contribution in [3.05, 3.63) is 22.7 Å². The topological polar surface area (TPSA) is 126 Å². The zero-order chi connectivity index (χ0) is 27.8. The van der Waals surface area contributed by atoms with Crippen LogP contribution in [0, 0.1) is 0 Å². The number of benzene rings is 1. The van der Waals surface area contributed by atoms with Crippen LogP contribution in [-0.4, -0.2) is 56.2 Å². The molecule has 0 saturated heterocycles. The van der Waals surface area contributed by atoms with Crippen molar-refractivity contribution >= 4 is 49.5 Å². The fourth-order valence-electron chi connectivity index (χ4n) is 3.87. The summed E-state index contributed by atoms with van der Waals surface area (Å²) in [6.45, 7) is 5.80. The molecule has 0 amide bonds. The number of carbonyl (C=O) groups excluding carboxylic acids is 1. The molecule has 210 valence electrons. The molecule has 1 aliphatic rings. The molecular weight excluding hydrogens is 545 g/mol. The number of nitrogens with zero attached hydrogens (tertiary/aromatic N) is 5. The zero-order valence-corrected chi connectivity index (χ0v) is 22.9. The number of anilines is 2. The summed E-state index contributed by atoms with van der Waals surface area (Å²) in [4.78, 5) is 14.2. The van der Waals surface area contributed by atoms with Gasteiger partial charge in [-0.05, 0) is 43.4 Å². The molecule has 0 atom stereocenters. The van der Waals surface area contributed by atoms with Crippen LogP contribution in [0.5, 0.6) is 0 Å². The van der Waals surface area contributed by atoms with Gasteiger partial charge in [0, 0.05) is 18.8 Å².